The van der Waals surface area contributed by atoms with Gasteiger partial charge in [0.25, 0.3) is 5.56 Å². The van der Waals surface area contributed by atoms with E-state index < -0.39 is 5.69 Å². The van der Waals surface area contributed by atoms with Gasteiger partial charge in [0.1, 0.15) is 5.82 Å². The highest BCUT2D eigenvalue weighted by molar-refractivity contribution is 5.70. The lowest BCUT2D eigenvalue weighted by Gasteiger charge is -2.01. The Bertz CT molecular complexity index is 693. The number of hydrogen-bond donors (Lipinski definition) is 1. The highest BCUT2D eigenvalue weighted by Crippen LogP contribution is 2.11. The van der Waals surface area contributed by atoms with Crippen LogP contribution in [-0.4, -0.2) is 19.1 Å². The summed E-state index contributed by atoms with van der Waals surface area (Å²) in [6.07, 6.45) is 5.45. The molecule has 19 heavy (non-hydrogen) atoms. The van der Waals surface area contributed by atoms with Gasteiger partial charge in [-0.3, -0.25) is 14.3 Å². The molecule has 0 aromatic carbocycles. The number of nitrogens with one attached hydrogen (secondary N) is 1. The molecule has 0 aliphatic rings. The Morgan fingerprint density at radius 1 is 1.11 bits per heavy atom. The van der Waals surface area contributed by atoms with Crippen molar-refractivity contribution in [2.24, 2.45) is 14.1 Å². The molecular weight excluding hydrogens is 244 g/mol. The Morgan fingerprint density at radius 2 is 1.84 bits per heavy atom. The zero-order valence-corrected chi connectivity index (χ0v) is 11.7. The molecular formula is C13H20N4O2. The molecule has 104 valence electrons. The van der Waals surface area contributed by atoms with Crippen molar-refractivity contribution >= 4 is 11.2 Å². The lowest BCUT2D eigenvalue weighted by atomic mass is 10.1. The van der Waals surface area contributed by atoms with Crippen LogP contribution in [0.3, 0.4) is 0 Å². The van der Waals surface area contributed by atoms with Crippen molar-refractivity contribution in [1.82, 2.24) is 19.1 Å². The van der Waals surface area contributed by atoms with Crippen molar-refractivity contribution in [3.63, 3.8) is 0 Å². The van der Waals surface area contributed by atoms with Gasteiger partial charge in [0.15, 0.2) is 11.2 Å². The zero-order chi connectivity index (χ0) is 14.0. The highest BCUT2D eigenvalue weighted by atomic mass is 16.2. The Labute approximate surface area is 111 Å². The van der Waals surface area contributed by atoms with Crippen molar-refractivity contribution in [2.75, 3.05) is 0 Å². The molecule has 0 fully saturated rings. The molecule has 6 heteroatoms. The van der Waals surface area contributed by atoms with Crippen LogP contribution in [0.4, 0.5) is 0 Å². The summed E-state index contributed by atoms with van der Waals surface area (Å²) in [4.78, 5) is 30.1. The average Bonchev–Trinajstić information content (AvgIpc) is 2.70. The second-order valence-electron chi connectivity index (χ2n) is 4.89. The first-order valence-corrected chi connectivity index (χ1v) is 6.70. The van der Waals surface area contributed by atoms with Gasteiger partial charge in [-0.05, 0) is 6.42 Å². The molecule has 0 saturated carbocycles. The van der Waals surface area contributed by atoms with E-state index in [4.69, 9.17) is 0 Å². The fraction of sp³-hybridized carbons (Fsp3) is 0.615. The van der Waals surface area contributed by atoms with E-state index in [0.29, 0.717) is 11.2 Å². The normalized spacial score (nSPS) is 11.3. The van der Waals surface area contributed by atoms with Gasteiger partial charge >= 0.3 is 5.69 Å². The summed E-state index contributed by atoms with van der Waals surface area (Å²) in [5.74, 6) is 0.859. The minimum atomic E-state index is -0.423. The first-order valence-electron chi connectivity index (χ1n) is 6.70. The summed E-state index contributed by atoms with van der Waals surface area (Å²) >= 11 is 0. The Balaban J connectivity index is 2.40. The summed E-state index contributed by atoms with van der Waals surface area (Å²) in [7, 11) is 3.44. The van der Waals surface area contributed by atoms with E-state index in [1.165, 1.54) is 17.4 Å². The number of aromatic nitrogens is 4. The molecule has 0 radical (unpaired) electrons. The molecule has 0 saturated heterocycles. The van der Waals surface area contributed by atoms with Crippen molar-refractivity contribution in [2.45, 2.75) is 39.0 Å². The minimum Gasteiger partial charge on any atom is -0.325 e. The standard InChI is InChI=1S/C13H20N4O2/c1-4-5-6-7-8-9-14-11-10(16(9)2)12(18)15-13(19)17(11)3/h4-8H2,1-3H3,(H,15,18,19). The second-order valence-corrected chi connectivity index (χ2v) is 4.89. The van der Waals surface area contributed by atoms with Crippen LogP contribution in [0.5, 0.6) is 0 Å². The first-order chi connectivity index (χ1) is 9.06. The molecule has 6 nitrogen and oxygen atoms in total. The fourth-order valence-electron chi connectivity index (χ4n) is 2.29. The fourth-order valence-corrected chi connectivity index (χ4v) is 2.29. The van der Waals surface area contributed by atoms with Gasteiger partial charge in [-0.25, -0.2) is 9.78 Å². The third-order valence-electron chi connectivity index (χ3n) is 3.48. The molecule has 2 rings (SSSR count). The van der Waals surface area contributed by atoms with Crippen LogP contribution in [0.2, 0.25) is 0 Å². The zero-order valence-electron chi connectivity index (χ0n) is 11.7. The summed E-state index contributed by atoms with van der Waals surface area (Å²) < 4.78 is 3.17. The van der Waals surface area contributed by atoms with Gasteiger partial charge in [0, 0.05) is 20.5 Å². The number of aryl methyl sites for hydroxylation is 3. The van der Waals surface area contributed by atoms with Gasteiger partial charge in [0.05, 0.1) is 0 Å². The molecule has 2 heterocycles. The van der Waals surface area contributed by atoms with Crippen LogP contribution in [0.25, 0.3) is 11.2 Å². The van der Waals surface area contributed by atoms with Crippen LogP contribution in [0, 0.1) is 0 Å². The maximum atomic E-state index is 11.8. The summed E-state index contributed by atoms with van der Waals surface area (Å²) in [6, 6.07) is 0. The molecule has 0 aliphatic carbocycles. The lowest BCUT2D eigenvalue weighted by Crippen LogP contribution is -2.29. The van der Waals surface area contributed by atoms with Gasteiger partial charge in [0.2, 0.25) is 0 Å². The van der Waals surface area contributed by atoms with Crippen molar-refractivity contribution in [1.29, 1.82) is 0 Å². The van der Waals surface area contributed by atoms with E-state index in [2.05, 4.69) is 16.9 Å². The van der Waals surface area contributed by atoms with E-state index in [-0.39, 0.29) is 5.56 Å². The largest absolute Gasteiger partial charge is 0.329 e. The van der Waals surface area contributed by atoms with Gasteiger partial charge in [-0.1, -0.05) is 26.2 Å². The smallest absolute Gasteiger partial charge is 0.325 e. The van der Waals surface area contributed by atoms with Gasteiger partial charge in [-0.2, -0.15) is 0 Å². The third kappa shape index (κ3) is 2.47. The monoisotopic (exact) mass is 264 g/mol. The molecule has 0 bridgehead atoms. The van der Waals surface area contributed by atoms with E-state index >= 15 is 0 Å². The quantitative estimate of drug-likeness (QED) is 0.821. The summed E-state index contributed by atoms with van der Waals surface area (Å²) in [5, 5.41) is 0. The molecule has 0 atom stereocenters. The number of aromatic amines is 1. The maximum absolute atomic E-state index is 11.8. The number of nitrogens with zero attached hydrogens (tertiary/aromatic N) is 3. The van der Waals surface area contributed by atoms with Crippen molar-refractivity contribution in [3.8, 4) is 0 Å². The molecule has 0 amide bonds. The average molecular weight is 264 g/mol. The van der Waals surface area contributed by atoms with Crippen molar-refractivity contribution < 1.29 is 0 Å². The van der Waals surface area contributed by atoms with E-state index in [1.807, 2.05) is 7.05 Å². The van der Waals surface area contributed by atoms with Gasteiger partial charge in [-0.15, -0.1) is 0 Å². The van der Waals surface area contributed by atoms with Crippen LogP contribution in [-0.2, 0) is 20.5 Å². The van der Waals surface area contributed by atoms with Crippen LogP contribution in [0.15, 0.2) is 9.59 Å². The molecule has 2 aromatic rings. The number of fused-ring (bicyclic) bond motifs is 1. The van der Waals surface area contributed by atoms with Crippen molar-refractivity contribution in [3.05, 3.63) is 26.7 Å². The number of unbranched alkanes of at least 4 members (excludes halogenated alkanes) is 3. The lowest BCUT2D eigenvalue weighted by molar-refractivity contribution is 0.641. The maximum Gasteiger partial charge on any atom is 0.329 e. The Kier molecular flexibility index (Phi) is 3.87. The number of rotatable bonds is 5. The van der Waals surface area contributed by atoms with E-state index in [0.717, 1.165) is 25.1 Å². The summed E-state index contributed by atoms with van der Waals surface area (Å²) in [6.45, 7) is 2.17. The molecule has 0 aliphatic heterocycles. The predicted octanol–water partition coefficient (Wildman–Crippen LogP) is 1.08. The molecule has 1 N–H and O–H groups in total. The van der Waals surface area contributed by atoms with Crippen LogP contribution in [0.1, 0.15) is 38.4 Å². The van der Waals surface area contributed by atoms with E-state index in [1.54, 1.807) is 11.6 Å². The SMILES string of the molecule is CCCCCCc1nc2c(c(=O)[nH]c(=O)n2C)n1C. The van der Waals surface area contributed by atoms with Crippen LogP contribution >= 0.6 is 0 Å². The minimum absolute atomic E-state index is 0.368. The predicted molar refractivity (Wildman–Crippen MR) is 74.4 cm³/mol. The van der Waals surface area contributed by atoms with E-state index in [9.17, 15) is 9.59 Å². The first kappa shape index (κ1) is 13.6. The number of imidazole rings is 1. The number of hydrogen-bond acceptors (Lipinski definition) is 3. The summed E-state index contributed by atoms with van der Waals surface area (Å²) in [5.41, 5.74) is 0.135. The Morgan fingerprint density at radius 3 is 2.53 bits per heavy atom. The topological polar surface area (TPSA) is 72.7 Å². The second kappa shape index (κ2) is 5.42. The Hall–Kier alpha value is -1.85. The molecule has 0 unspecified atom stereocenters. The third-order valence-corrected chi connectivity index (χ3v) is 3.48. The van der Waals surface area contributed by atoms with Gasteiger partial charge < -0.3 is 4.57 Å². The van der Waals surface area contributed by atoms with Crippen LogP contribution < -0.4 is 11.2 Å². The number of H-pyrrole nitrogens is 1. The molecule has 0 spiro atoms. The molecule has 2 aromatic heterocycles. The highest BCUT2D eigenvalue weighted by Gasteiger charge is 2.14.